The Bertz CT molecular complexity index is 1100. The van der Waals surface area contributed by atoms with E-state index in [9.17, 15) is 9.59 Å². The number of hydrogen-bond donors (Lipinski definition) is 0. The fourth-order valence-corrected chi connectivity index (χ4v) is 5.09. The topological polar surface area (TPSA) is 52.6 Å². The van der Waals surface area contributed by atoms with Gasteiger partial charge in [0.15, 0.2) is 0 Å². The standard InChI is InChI=1S/C30H32O4S2.2Rf/c1-7-35-17-23-13-19(3)27(20(4)14-23)33-29(31)25-9-11-26(12-10-25)30(32)34-28-21(5)15-24(16-22(28)6)18-36-8-2;;/h9-16H,1-2,7-8,17-18H2,3-6H3;;/q-2;;. The molecule has 3 rings (SSSR count). The molecule has 0 saturated carbocycles. The average molecular weight is 1050 g/mol. The molecule has 0 radical (unpaired) electrons. The maximum absolute atomic E-state index is 12.8. The van der Waals surface area contributed by atoms with Crippen LogP contribution in [0.3, 0.4) is 0 Å². The van der Waals surface area contributed by atoms with E-state index in [4.69, 9.17) is 9.47 Å². The maximum atomic E-state index is 12.8. The molecule has 0 N–H and O–H groups in total. The SMILES string of the molecule is [CH2-]CSCc1cc(C)c(OC(=O)c2ccc(C(=O)Oc3c(C)cc(CSC[CH2-])cc3C)cc2)c(C)c1.[Rf].[Rf]. The van der Waals surface area contributed by atoms with Gasteiger partial charge in [-0.3, -0.25) is 0 Å². The van der Waals surface area contributed by atoms with Gasteiger partial charge in [-0.1, -0.05) is 24.3 Å². The Morgan fingerprint density at radius 1 is 0.632 bits per heavy atom. The van der Waals surface area contributed by atoms with Crippen LogP contribution in [-0.2, 0) is 11.5 Å². The van der Waals surface area contributed by atoms with E-state index in [1.54, 1.807) is 47.8 Å². The van der Waals surface area contributed by atoms with Gasteiger partial charge in [0.25, 0.3) is 0 Å². The zero-order valence-electron chi connectivity index (χ0n) is 22.7. The van der Waals surface area contributed by atoms with Crippen molar-refractivity contribution in [2.75, 3.05) is 11.5 Å². The number of rotatable bonds is 10. The monoisotopic (exact) mass is 1050 g/mol. The molecule has 0 heterocycles. The number of benzene rings is 3. The van der Waals surface area contributed by atoms with Crippen molar-refractivity contribution < 1.29 is 19.1 Å². The molecule has 0 atom stereocenters. The predicted molar refractivity (Wildman–Crippen MR) is 151 cm³/mol. The molecule has 0 bridgehead atoms. The van der Waals surface area contributed by atoms with Crippen LogP contribution in [-0.4, -0.2) is 23.4 Å². The fraction of sp³-hybridized carbons (Fsp3) is 0.267. The molecule has 0 aliphatic heterocycles. The van der Waals surface area contributed by atoms with Gasteiger partial charge in [0.2, 0.25) is 0 Å². The van der Waals surface area contributed by atoms with Crippen molar-refractivity contribution >= 4 is 35.5 Å². The van der Waals surface area contributed by atoms with Crippen LogP contribution in [0.2, 0.25) is 0 Å². The number of esters is 2. The van der Waals surface area contributed by atoms with Gasteiger partial charge in [0, 0.05) is 11.5 Å². The van der Waals surface area contributed by atoms with Crippen LogP contribution in [0.5, 0.6) is 11.5 Å². The van der Waals surface area contributed by atoms with E-state index in [-0.39, 0.29) is 0 Å². The van der Waals surface area contributed by atoms with E-state index in [0.29, 0.717) is 22.6 Å². The Morgan fingerprint density at radius 3 is 1.18 bits per heavy atom. The van der Waals surface area contributed by atoms with Crippen molar-refractivity contribution in [2.24, 2.45) is 0 Å². The average Bonchev–Trinajstić information content (AvgIpc) is 2.85. The van der Waals surface area contributed by atoms with Crippen molar-refractivity contribution in [3.63, 3.8) is 0 Å². The number of hydrogen-bond acceptors (Lipinski definition) is 6. The molecular formula is C30H32O4Rf2S2-2. The smallest absolute Gasteiger partial charge is 0.343 e. The van der Waals surface area contributed by atoms with E-state index in [1.165, 1.54) is 11.1 Å². The summed E-state index contributed by atoms with van der Waals surface area (Å²) in [6.45, 7) is 15.4. The summed E-state index contributed by atoms with van der Waals surface area (Å²) in [6.07, 6.45) is 0. The number of aryl methyl sites for hydroxylation is 4. The maximum Gasteiger partial charge on any atom is 0.343 e. The quantitative estimate of drug-likeness (QED) is 0.119. The van der Waals surface area contributed by atoms with E-state index in [1.807, 2.05) is 52.0 Å². The summed E-state index contributed by atoms with van der Waals surface area (Å²) in [4.78, 5) is 25.6. The molecule has 0 aromatic heterocycles. The Morgan fingerprint density at radius 2 is 0.921 bits per heavy atom. The Labute approximate surface area is 223 Å². The van der Waals surface area contributed by atoms with Gasteiger partial charge in [0.1, 0.15) is 11.5 Å². The summed E-state index contributed by atoms with van der Waals surface area (Å²) in [5.41, 5.74) is 6.71. The van der Waals surface area contributed by atoms with Crippen LogP contribution in [0.25, 0.3) is 0 Å². The third-order valence-corrected chi connectivity index (χ3v) is 7.26. The van der Waals surface area contributed by atoms with E-state index >= 15 is 0 Å². The Balaban J connectivity index is 0.00000361. The van der Waals surface area contributed by atoms with Gasteiger partial charge >= 0.3 is 11.9 Å². The molecule has 0 saturated heterocycles. The minimum Gasteiger partial charge on any atom is -0.422 e. The van der Waals surface area contributed by atoms with Crippen molar-refractivity contribution in [1.82, 2.24) is 0 Å². The van der Waals surface area contributed by atoms with Crippen LogP contribution in [0.15, 0.2) is 48.5 Å². The summed E-state index contributed by atoms with van der Waals surface area (Å²) in [5, 5.41) is 0. The summed E-state index contributed by atoms with van der Waals surface area (Å²) in [5.74, 6) is 3.54. The fourth-order valence-electron chi connectivity index (χ4n) is 3.99. The second kappa shape index (κ2) is 14.1. The van der Waals surface area contributed by atoms with Crippen LogP contribution >= 0.6 is 23.5 Å². The van der Waals surface area contributed by atoms with Crippen molar-refractivity contribution in [3.8, 4) is 11.5 Å². The van der Waals surface area contributed by atoms with E-state index in [0.717, 1.165) is 45.3 Å². The number of carbonyl (C=O) groups is 2. The zero-order chi connectivity index (χ0) is 26.2. The minimum atomic E-state index is -0.469. The van der Waals surface area contributed by atoms with Crippen molar-refractivity contribution in [2.45, 2.75) is 39.2 Å². The summed E-state index contributed by atoms with van der Waals surface area (Å²) in [7, 11) is 0. The predicted octanol–water partition coefficient (Wildman–Crippen LogP) is 7.49. The first kappa shape index (κ1) is 31.3. The number of thioether (sulfide) groups is 2. The third-order valence-electron chi connectivity index (χ3n) is 5.61. The van der Waals surface area contributed by atoms with E-state index in [2.05, 4.69) is 13.8 Å². The zero-order valence-corrected chi connectivity index (χ0v) is 37.2. The molecule has 0 aliphatic rings. The molecule has 0 unspecified atom stereocenters. The molecule has 0 fully saturated rings. The van der Waals surface area contributed by atoms with Gasteiger partial charge < -0.3 is 23.3 Å². The molecule has 8 heteroatoms. The molecule has 3 aromatic rings. The second-order valence-corrected chi connectivity index (χ2v) is 10.8. The van der Waals surface area contributed by atoms with Gasteiger partial charge in [-0.2, -0.15) is 23.5 Å². The molecule has 38 heavy (non-hydrogen) atoms. The first-order valence-corrected chi connectivity index (χ1v) is 14.0. The molecule has 0 amide bonds. The molecule has 0 spiro atoms. The molecule has 0 aliphatic carbocycles. The van der Waals surface area contributed by atoms with E-state index < -0.39 is 11.9 Å². The molecule has 4 nitrogen and oxygen atoms in total. The Kier molecular flexibility index (Phi) is 11.7. The molecule has 194 valence electrons. The second-order valence-electron chi connectivity index (χ2n) is 8.58. The molecule has 3 aromatic carbocycles. The van der Waals surface area contributed by atoms with Crippen LogP contribution < -0.4 is 9.47 Å². The minimum absolute atomic E-state index is 0. The largest absolute Gasteiger partial charge is 0.422 e. The number of ether oxygens (including phenoxy) is 2. The normalized spacial score (nSPS) is 10.3. The first-order valence-electron chi connectivity index (χ1n) is 11.7. The van der Waals surface area contributed by atoms with Crippen LogP contribution in [0, 0.1) is 41.5 Å². The summed E-state index contributed by atoms with van der Waals surface area (Å²) in [6, 6.07) is 14.5. The molecular weight excluding hydrogens is 1020 g/mol. The Hall–Kier alpha value is -4.70. The summed E-state index contributed by atoms with van der Waals surface area (Å²) < 4.78 is 11.4. The summed E-state index contributed by atoms with van der Waals surface area (Å²) >= 11 is 3.49. The van der Waals surface area contributed by atoms with Gasteiger partial charge in [-0.15, -0.1) is 11.5 Å². The van der Waals surface area contributed by atoms with Crippen molar-refractivity contribution in [1.29, 1.82) is 0 Å². The van der Waals surface area contributed by atoms with Gasteiger partial charge in [-0.25, -0.2) is 9.59 Å². The first-order chi connectivity index (χ1) is 17.2. The van der Waals surface area contributed by atoms with Crippen LogP contribution in [0.1, 0.15) is 54.1 Å². The van der Waals surface area contributed by atoms with Crippen LogP contribution in [0.4, 0.5) is 0 Å². The number of carbonyl (C=O) groups excluding carboxylic acids is 2. The van der Waals surface area contributed by atoms with Crippen molar-refractivity contribution in [3.05, 3.63) is 107 Å². The van der Waals surface area contributed by atoms with Gasteiger partial charge in [-0.05, 0) is 85.3 Å². The van der Waals surface area contributed by atoms with Gasteiger partial charge in [0.05, 0.1) is 11.1 Å². The third kappa shape index (κ3) is 7.65.